The molecule has 0 aliphatic carbocycles. The summed E-state index contributed by atoms with van der Waals surface area (Å²) in [5.74, 6) is 0.0323. The third-order valence-electron chi connectivity index (χ3n) is 3.50. The molecular formula is C13H28ClN3O2. The van der Waals surface area contributed by atoms with Gasteiger partial charge in [0.2, 0.25) is 5.91 Å². The number of halogens is 1. The van der Waals surface area contributed by atoms with Crippen LogP contribution in [0.3, 0.4) is 0 Å². The molecule has 0 saturated carbocycles. The molecule has 1 aliphatic heterocycles. The highest BCUT2D eigenvalue weighted by Gasteiger charge is 2.28. The van der Waals surface area contributed by atoms with Crippen molar-refractivity contribution in [2.45, 2.75) is 39.3 Å². The Kier molecular flexibility index (Phi) is 9.35. The standard InChI is InChI=1S/C13H27N3O2.ClH/c1-4-15(5-2)8-9-18-12-6-7-16(10-12)13(17)11(3)14;/h11-12H,4-10,14H2,1-3H3;1H. The van der Waals surface area contributed by atoms with Gasteiger partial charge in [0.15, 0.2) is 0 Å². The second-order valence-corrected chi connectivity index (χ2v) is 4.88. The Labute approximate surface area is 122 Å². The monoisotopic (exact) mass is 293 g/mol. The maximum absolute atomic E-state index is 11.7. The number of likely N-dealkylation sites (N-methyl/N-ethyl adjacent to an activating group) is 1. The number of nitrogens with two attached hydrogens (primary N) is 1. The van der Waals surface area contributed by atoms with Gasteiger partial charge in [-0.2, -0.15) is 0 Å². The molecule has 0 aromatic carbocycles. The van der Waals surface area contributed by atoms with Crippen LogP contribution in [0.5, 0.6) is 0 Å². The summed E-state index contributed by atoms with van der Waals surface area (Å²) in [5.41, 5.74) is 5.60. The number of hydrogen-bond donors (Lipinski definition) is 1. The van der Waals surface area contributed by atoms with Crippen LogP contribution >= 0.6 is 12.4 Å². The van der Waals surface area contributed by atoms with Crippen molar-refractivity contribution in [1.82, 2.24) is 9.80 Å². The summed E-state index contributed by atoms with van der Waals surface area (Å²) < 4.78 is 5.82. The first-order chi connectivity index (χ1) is 8.58. The second-order valence-electron chi connectivity index (χ2n) is 4.88. The molecule has 114 valence electrons. The van der Waals surface area contributed by atoms with Crippen molar-refractivity contribution in [2.24, 2.45) is 5.73 Å². The lowest BCUT2D eigenvalue weighted by molar-refractivity contribution is -0.131. The predicted molar refractivity (Wildman–Crippen MR) is 79.6 cm³/mol. The van der Waals surface area contributed by atoms with E-state index in [9.17, 15) is 4.79 Å². The SMILES string of the molecule is CCN(CC)CCOC1CCN(C(=O)C(C)N)C1.Cl. The van der Waals surface area contributed by atoms with Crippen molar-refractivity contribution in [1.29, 1.82) is 0 Å². The molecule has 0 radical (unpaired) electrons. The molecular weight excluding hydrogens is 266 g/mol. The third-order valence-corrected chi connectivity index (χ3v) is 3.50. The number of amides is 1. The molecule has 0 spiro atoms. The normalized spacial score (nSPS) is 20.5. The Balaban J connectivity index is 0.00000324. The van der Waals surface area contributed by atoms with E-state index in [1.165, 1.54) is 0 Å². The van der Waals surface area contributed by atoms with Crippen molar-refractivity contribution in [3.8, 4) is 0 Å². The summed E-state index contributed by atoms with van der Waals surface area (Å²) in [7, 11) is 0. The van der Waals surface area contributed by atoms with Crippen LogP contribution in [0.25, 0.3) is 0 Å². The van der Waals surface area contributed by atoms with Crippen molar-refractivity contribution in [3.63, 3.8) is 0 Å². The quantitative estimate of drug-likeness (QED) is 0.751. The van der Waals surface area contributed by atoms with Crippen LogP contribution in [0.2, 0.25) is 0 Å². The van der Waals surface area contributed by atoms with Gasteiger partial charge in [0, 0.05) is 19.6 Å². The largest absolute Gasteiger partial charge is 0.375 e. The van der Waals surface area contributed by atoms with Crippen molar-refractivity contribution >= 4 is 18.3 Å². The molecule has 5 nitrogen and oxygen atoms in total. The van der Waals surface area contributed by atoms with E-state index in [1.54, 1.807) is 6.92 Å². The smallest absolute Gasteiger partial charge is 0.239 e. The van der Waals surface area contributed by atoms with Crippen LogP contribution in [0.1, 0.15) is 27.2 Å². The van der Waals surface area contributed by atoms with Gasteiger partial charge >= 0.3 is 0 Å². The molecule has 1 heterocycles. The van der Waals surface area contributed by atoms with Gasteiger partial charge in [-0.3, -0.25) is 4.79 Å². The van der Waals surface area contributed by atoms with Gasteiger partial charge in [0.05, 0.1) is 18.8 Å². The van der Waals surface area contributed by atoms with Crippen LogP contribution in [0, 0.1) is 0 Å². The first kappa shape index (κ1) is 18.6. The number of hydrogen-bond acceptors (Lipinski definition) is 4. The van der Waals surface area contributed by atoms with E-state index in [1.807, 2.05) is 4.90 Å². The molecule has 6 heteroatoms. The lowest BCUT2D eigenvalue weighted by Gasteiger charge is -2.20. The number of rotatable bonds is 7. The van der Waals surface area contributed by atoms with Crippen LogP contribution in [0.4, 0.5) is 0 Å². The zero-order valence-corrected chi connectivity index (χ0v) is 13.1. The summed E-state index contributed by atoms with van der Waals surface area (Å²) in [5, 5.41) is 0. The summed E-state index contributed by atoms with van der Waals surface area (Å²) in [4.78, 5) is 15.8. The number of ether oxygens (including phenoxy) is 1. The first-order valence-corrected chi connectivity index (χ1v) is 6.96. The molecule has 0 aromatic heterocycles. The number of likely N-dealkylation sites (tertiary alicyclic amines) is 1. The van der Waals surface area contributed by atoms with E-state index in [0.717, 1.165) is 39.2 Å². The highest BCUT2D eigenvalue weighted by molar-refractivity contribution is 5.85. The molecule has 1 rings (SSSR count). The van der Waals surface area contributed by atoms with Gasteiger partial charge in [0.25, 0.3) is 0 Å². The van der Waals surface area contributed by atoms with E-state index in [0.29, 0.717) is 6.54 Å². The molecule has 19 heavy (non-hydrogen) atoms. The molecule has 1 aliphatic rings. The Morgan fingerprint density at radius 3 is 2.63 bits per heavy atom. The van der Waals surface area contributed by atoms with Crippen LogP contribution in [-0.4, -0.2) is 67.2 Å². The molecule has 1 amide bonds. The fourth-order valence-electron chi connectivity index (χ4n) is 2.24. The van der Waals surface area contributed by atoms with Crippen LogP contribution < -0.4 is 5.73 Å². The lowest BCUT2D eigenvalue weighted by atomic mass is 10.3. The van der Waals surface area contributed by atoms with E-state index < -0.39 is 6.04 Å². The highest BCUT2D eigenvalue weighted by atomic mass is 35.5. The van der Waals surface area contributed by atoms with E-state index >= 15 is 0 Å². The van der Waals surface area contributed by atoms with Gasteiger partial charge < -0.3 is 20.3 Å². The summed E-state index contributed by atoms with van der Waals surface area (Å²) in [6, 6.07) is -0.403. The van der Waals surface area contributed by atoms with Gasteiger partial charge in [-0.05, 0) is 26.4 Å². The lowest BCUT2D eigenvalue weighted by Crippen LogP contribution is -2.41. The molecule has 1 saturated heterocycles. The van der Waals surface area contributed by atoms with Crippen molar-refractivity contribution < 1.29 is 9.53 Å². The summed E-state index contributed by atoms with van der Waals surface area (Å²) in [6.45, 7) is 11.3. The van der Waals surface area contributed by atoms with E-state index in [-0.39, 0.29) is 24.4 Å². The van der Waals surface area contributed by atoms with Gasteiger partial charge in [0.1, 0.15) is 0 Å². The van der Waals surface area contributed by atoms with Crippen LogP contribution in [-0.2, 0) is 9.53 Å². The minimum absolute atomic E-state index is 0. The maximum Gasteiger partial charge on any atom is 0.239 e. The zero-order chi connectivity index (χ0) is 13.5. The topological polar surface area (TPSA) is 58.8 Å². The molecule has 0 bridgehead atoms. The molecule has 0 aromatic rings. The Morgan fingerprint density at radius 2 is 2.11 bits per heavy atom. The van der Waals surface area contributed by atoms with Gasteiger partial charge in [-0.1, -0.05) is 13.8 Å². The van der Waals surface area contributed by atoms with Crippen molar-refractivity contribution in [2.75, 3.05) is 39.3 Å². The van der Waals surface area contributed by atoms with E-state index in [2.05, 4.69) is 18.7 Å². The van der Waals surface area contributed by atoms with Gasteiger partial charge in [-0.25, -0.2) is 0 Å². The molecule has 2 N–H and O–H groups in total. The van der Waals surface area contributed by atoms with Gasteiger partial charge in [-0.15, -0.1) is 12.4 Å². The minimum Gasteiger partial charge on any atom is -0.375 e. The highest BCUT2D eigenvalue weighted by Crippen LogP contribution is 2.13. The average Bonchev–Trinajstić information content (AvgIpc) is 2.82. The summed E-state index contributed by atoms with van der Waals surface area (Å²) in [6.07, 6.45) is 1.11. The summed E-state index contributed by atoms with van der Waals surface area (Å²) >= 11 is 0. The Hall–Kier alpha value is -0.360. The Bertz CT molecular complexity index is 260. The van der Waals surface area contributed by atoms with Crippen molar-refractivity contribution in [3.05, 3.63) is 0 Å². The number of carbonyl (C=O) groups excluding carboxylic acids is 1. The first-order valence-electron chi connectivity index (χ1n) is 6.96. The van der Waals surface area contributed by atoms with Crippen LogP contribution in [0.15, 0.2) is 0 Å². The fraction of sp³-hybridized carbons (Fsp3) is 0.923. The number of nitrogens with zero attached hydrogens (tertiary/aromatic N) is 2. The molecule has 1 fully saturated rings. The number of carbonyl (C=O) groups is 1. The Morgan fingerprint density at radius 1 is 1.47 bits per heavy atom. The fourth-order valence-corrected chi connectivity index (χ4v) is 2.24. The average molecular weight is 294 g/mol. The molecule has 2 unspecified atom stereocenters. The predicted octanol–water partition coefficient (Wildman–Crippen LogP) is 0.715. The third kappa shape index (κ3) is 6.08. The zero-order valence-electron chi connectivity index (χ0n) is 12.3. The molecule has 2 atom stereocenters. The minimum atomic E-state index is -0.403. The van der Waals surface area contributed by atoms with E-state index in [4.69, 9.17) is 10.5 Å². The maximum atomic E-state index is 11.7. The second kappa shape index (κ2) is 9.53.